The average molecular weight is 907 g/mol. The molecule has 1 saturated heterocycles. The molecule has 0 aliphatic carbocycles. The van der Waals surface area contributed by atoms with Crippen LogP contribution in [0.1, 0.15) is 60.3 Å². The van der Waals surface area contributed by atoms with E-state index in [4.69, 9.17) is 17.2 Å². The van der Waals surface area contributed by atoms with E-state index in [-0.39, 0.29) is 55.7 Å². The molecule has 0 saturated carbocycles. The fraction of sp³-hybridized carbons (Fsp3) is 0.714. The standard InChI is InChI=1S/C35H62N12O12S2/c1-15(2)24(45-27(51)19(36)13-60)31(55)41-17(4)33(57)47-11-7-9-23(47)30(54)43-21(12-48)29(53)42-20(8-6-10-39-35(37)38)28(52)40-16(3)26(50)46-25(18(5)49)32(56)44-22(14-61)34(58)59/h15-25,48-49,60-61H,6-14,36H2,1-5H3,(H,40,52)(H,41,55)(H,42,53)(H,43,54)(H,44,56)(H,45,51)(H,46,50)(H,58,59)(H4,37,38,39)/t16-,17-,18+,19-,20-,21-,22-,23-,24-,25-/m0/s1. The van der Waals surface area contributed by atoms with Gasteiger partial charge in [-0.05, 0) is 52.4 Å². The van der Waals surface area contributed by atoms with Crippen molar-refractivity contribution < 1.29 is 58.5 Å². The van der Waals surface area contributed by atoms with Gasteiger partial charge in [0.25, 0.3) is 0 Å². The maximum absolute atomic E-state index is 13.5. The highest BCUT2D eigenvalue weighted by molar-refractivity contribution is 7.80. The van der Waals surface area contributed by atoms with E-state index in [0.717, 1.165) is 0 Å². The van der Waals surface area contributed by atoms with Gasteiger partial charge in [-0.25, -0.2) is 4.79 Å². The minimum absolute atomic E-state index is 0.0222. The molecule has 1 fully saturated rings. The van der Waals surface area contributed by atoms with Gasteiger partial charge in [-0.3, -0.25) is 43.3 Å². The number of nitrogens with one attached hydrogen (secondary N) is 7. The van der Waals surface area contributed by atoms with Gasteiger partial charge in [0, 0.05) is 24.6 Å². The summed E-state index contributed by atoms with van der Waals surface area (Å²) in [7, 11) is 0. The van der Waals surface area contributed by atoms with Gasteiger partial charge in [0.1, 0.15) is 48.3 Å². The summed E-state index contributed by atoms with van der Waals surface area (Å²) in [6.07, 6.45) is -0.940. The van der Waals surface area contributed by atoms with E-state index in [9.17, 15) is 58.5 Å². The Morgan fingerprint density at radius 3 is 1.80 bits per heavy atom. The van der Waals surface area contributed by atoms with Crippen molar-refractivity contribution in [2.24, 2.45) is 28.1 Å². The Morgan fingerprint density at radius 1 is 0.721 bits per heavy atom. The second-order valence-corrected chi connectivity index (χ2v) is 15.5. The SMILES string of the molecule is CC(C)[C@H](NC(=O)[C@@H](N)CS)C(=O)N[C@@H](C)C(=O)N1CCC[C@H]1C(=O)N[C@@H](CO)C(=O)N[C@@H](CCCN=C(N)N)C(=O)N[C@@H](C)C(=O)N[C@H](C(=O)N[C@@H](CS)C(=O)O)[C@@H](C)O. The lowest BCUT2D eigenvalue weighted by molar-refractivity contribution is -0.142. The van der Waals surface area contributed by atoms with Crippen LogP contribution in [0.2, 0.25) is 0 Å². The predicted molar refractivity (Wildman–Crippen MR) is 226 cm³/mol. The Morgan fingerprint density at radius 2 is 1.28 bits per heavy atom. The quantitative estimate of drug-likeness (QED) is 0.0175. The predicted octanol–water partition coefficient (Wildman–Crippen LogP) is -6.24. The number of rotatable bonds is 25. The zero-order chi connectivity index (χ0) is 46.7. The van der Waals surface area contributed by atoms with E-state index >= 15 is 0 Å². The van der Waals surface area contributed by atoms with Crippen molar-refractivity contribution in [3.63, 3.8) is 0 Å². The number of likely N-dealkylation sites (tertiary alicyclic amines) is 1. The largest absolute Gasteiger partial charge is 0.480 e. The Bertz CT molecular complexity index is 1600. The molecule has 10 atom stereocenters. The highest BCUT2D eigenvalue weighted by Gasteiger charge is 2.39. The van der Waals surface area contributed by atoms with Crippen molar-refractivity contribution >= 4 is 84.4 Å². The Hall–Kier alpha value is -4.92. The summed E-state index contributed by atoms with van der Waals surface area (Å²) in [6.45, 7) is 6.38. The summed E-state index contributed by atoms with van der Waals surface area (Å²) in [4.78, 5) is 122. The van der Waals surface area contributed by atoms with Crippen molar-refractivity contribution in [3.05, 3.63) is 0 Å². The third kappa shape index (κ3) is 17.5. The van der Waals surface area contributed by atoms with Crippen molar-refractivity contribution in [2.45, 2.75) is 121 Å². The van der Waals surface area contributed by atoms with Crippen LogP contribution in [0.15, 0.2) is 4.99 Å². The lowest BCUT2D eigenvalue weighted by atomic mass is 10.0. The number of carboxylic acids is 1. The molecule has 0 bridgehead atoms. The average Bonchev–Trinajstić information content (AvgIpc) is 3.69. The number of amides is 8. The summed E-state index contributed by atoms with van der Waals surface area (Å²) in [6, 6.07) is -11.8. The molecule has 346 valence electrons. The number of hydrogen-bond acceptors (Lipinski definition) is 15. The molecule has 1 aliphatic heterocycles. The van der Waals surface area contributed by atoms with Crippen molar-refractivity contribution in [1.29, 1.82) is 0 Å². The molecule has 1 rings (SSSR count). The number of nitrogens with two attached hydrogens (primary N) is 3. The van der Waals surface area contributed by atoms with Crippen molar-refractivity contribution in [2.75, 3.05) is 31.2 Å². The van der Waals surface area contributed by atoms with Gasteiger partial charge in [0.2, 0.25) is 47.3 Å². The van der Waals surface area contributed by atoms with Gasteiger partial charge in [0.15, 0.2) is 5.96 Å². The summed E-state index contributed by atoms with van der Waals surface area (Å²) in [5, 5.41) is 46.2. The number of carboxylic acid groups (broad SMARTS) is 1. The number of guanidine groups is 1. The molecule has 16 N–H and O–H groups in total. The Balaban J connectivity index is 3.10. The zero-order valence-corrected chi connectivity index (χ0v) is 36.5. The zero-order valence-electron chi connectivity index (χ0n) is 34.8. The minimum Gasteiger partial charge on any atom is -0.480 e. The summed E-state index contributed by atoms with van der Waals surface area (Å²) >= 11 is 7.86. The van der Waals surface area contributed by atoms with Crippen molar-refractivity contribution in [1.82, 2.24) is 42.1 Å². The molecule has 0 unspecified atom stereocenters. The number of aliphatic hydroxyl groups is 2. The normalized spacial score (nSPS) is 18.0. The number of thiol groups is 2. The van der Waals surface area contributed by atoms with Crippen LogP contribution in [0, 0.1) is 5.92 Å². The fourth-order valence-corrected chi connectivity index (χ4v) is 6.22. The summed E-state index contributed by atoms with van der Waals surface area (Å²) < 4.78 is 0. The highest BCUT2D eigenvalue weighted by atomic mass is 32.1. The van der Waals surface area contributed by atoms with E-state index in [2.05, 4.69) is 67.5 Å². The van der Waals surface area contributed by atoms with Crippen LogP contribution in [0.3, 0.4) is 0 Å². The molecule has 1 heterocycles. The van der Waals surface area contributed by atoms with Crippen LogP contribution in [-0.2, 0) is 43.2 Å². The number of aliphatic imine (C=N–C) groups is 1. The number of aliphatic hydroxyl groups excluding tert-OH is 2. The number of hydrogen-bond donors (Lipinski definition) is 15. The van der Waals surface area contributed by atoms with Gasteiger partial charge in [-0.15, -0.1) is 0 Å². The van der Waals surface area contributed by atoms with Gasteiger partial charge >= 0.3 is 5.97 Å². The molecule has 26 heteroatoms. The van der Waals surface area contributed by atoms with Gasteiger partial charge in [0.05, 0.1) is 18.8 Å². The Labute approximate surface area is 364 Å². The van der Waals surface area contributed by atoms with E-state index in [0.29, 0.717) is 6.42 Å². The number of aliphatic carboxylic acids is 1. The topological polar surface area (TPSA) is 392 Å². The van der Waals surface area contributed by atoms with Crippen LogP contribution in [-0.4, -0.2) is 171 Å². The molecular weight excluding hydrogens is 845 g/mol. The van der Waals surface area contributed by atoms with Crippen LogP contribution >= 0.6 is 25.3 Å². The van der Waals surface area contributed by atoms with E-state index < -0.39 is 120 Å². The first kappa shape index (κ1) is 54.1. The van der Waals surface area contributed by atoms with Gasteiger partial charge in [-0.1, -0.05) is 13.8 Å². The maximum Gasteiger partial charge on any atom is 0.327 e. The fourth-order valence-electron chi connectivity index (χ4n) is 5.81. The number of nitrogens with zero attached hydrogens (tertiary/aromatic N) is 2. The first-order valence-corrected chi connectivity index (χ1v) is 20.7. The van der Waals surface area contributed by atoms with Crippen LogP contribution < -0.4 is 54.4 Å². The van der Waals surface area contributed by atoms with E-state index in [1.54, 1.807) is 13.8 Å². The molecule has 1 aliphatic rings. The summed E-state index contributed by atoms with van der Waals surface area (Å²) in [5.41, 5.74) is 16.5. The molecule has 0 aromatic heterocycles. The third-order valence-electron chi connectivity index (χ3n) is 9.35. The molecule has 8 amide bonds. The second-order valence-electron chi connectivity index (χ2n) is 14.7. The highest BCUT2D eigenvalue weighted by Crippen LogP contribution is 2.19. The molecule has 0 radical (unpaired) electrons. The maximum atomic E-state index is 13.5. The smallest absolute Gasteiger partial charge is 0.327 e. The second kappa shape index (κ2) is 26.4. The molecule has 0 aromatic rings. The molecule has 24 nitrogen and oxygen atoms in total. The van der Waals surface area contributed by atoms with Gasteiger partial charge in [-0.2, -0.15) is 25.3 Å². The van der Waals surface area contributed by atoms with Crippen molar-refractivity contribution in [3.8, 4) is 0 Å². The first-order valence-electron chi connectivity index (χ1n) is 19.5. The number of carbonyl (C=O) groups excluding carboxylic acids is 8. The molecular formula is C35H62N12O12S2. The molecule has 0 spiro atoms. The van der Waals surface area contributed by atoms with Crippen LogP contribution in [0.5, 0.6) is 0 Å². The lowest BCUT2D eigenvalue weighted by Crippen LogP contribution is -2.61. The first-order chi connectivity index (χ1) is 28.5. The molecule has 61 heavy (non-hydrogen) atoms. The van der Waals surface area contributed by atoms with Gasteiger partial charge < -0.3 is 74.6 Å². The lowest BCUT2D eigenvalue weighted by Gasteiger charge is -2.30. The summed E-state index contributed by atoms with van der Waals surface area (Å²) in [5.74, 6) is -8.94. The Kier molecular flexibility index (Phi) is 23.4. The third-order valence-corrected chi connectivity index (χ3v) is 10.1. The van der Waals surface area contributed by atoms with Crippen LogP contribution in [0.4, 0.5) is 0 Å². The van der Waals surface area contributed by atoms with E-state index in [1.807, 2.05) is 0 Å². The van der Waals surface area contributed by atoms with E-state index in [1.165, 1.54) is 25.7 Å². The molecule has 0 aromatic carbocycles. The minimum atomic E-state index is -1.63. The number of carbonyl (C=O) groups is 9. The monoisotopic (exact) mass is 906 g/mol. The van der Waals surface area contributed by atoms with Crippen LogP contribution in [0.25, 0.3) is 0 Å².